The summed E-state index contributed by atoms with van der Waals surface area (Å²) in [5.41, 5.74) is 3.31. The van der Waals surface area contributed by atoms with Crippen molar-refractivity contribution in [2.24, 2.45) is 0 Å². The Balaban J connectivity index is 1.41. The first-order valence-corrected chi connectivity index (χ1v) is 9.30. The Bertz CT molecular complexity index is 760. The molecule has 2 aliphatic rings. The Kier molecular flexibility index (Phi) is 4.95. The topological polar surface area (TPSA) is 74.2 Å². The lowest BCUT2D eigenvalue weighted by molar-refractivity contribution is 0.200. The molecule has 0 unspecified atom stereocenters. The number of amides is 2. The fourth-order valence-corrected chi connectivity index (χ4v) is 3.71. The minimum Gasteiger partial charge on any atom is -0.356 e. The maximum Gasteiger partial charge on any atom is 0.317 e. The van der Waals surface area contributed by atoms with Crippen molar-refractivity contribution >= 4 is 11.8 Å². The molecule has 0 atom stereocenters. The number of carbonyl (C=O) groups excluding carboxylic acids is 1. The third kappa shape index (κ3) is 3.61. The molecule has 0 spiro atoms. The van der Waals surface area contributed by atoms with Crippen LogP contribution in [0.15, 0.2) is 30.9 Å². The van der Waals surface area contributed by atoms with Crippen molar-refractivity contribution in [1.82, 2.24) is 25.2 Å². The summed E-state index contributed by atoms with van der Waals surface area (Å²) in [6, 6.07) is 3.81. The zero-order valence-electron chi connectivity index (χ0n) is 14.9. The van der Waals surface area contributed by atoms with E-state index in [2.05, 4.69) is 25.2 Å². The van der Waals surface area contributed by atoms with E-state index in [-0.39, 0.29) is 6.03 Å². The average molecular weight is 352 g/mol. The van der Waals surface area contributed by atoms with Gasteiger partial charge in [0.15, 0.2) is 0 Å². The molecule has 1 N–H and O–H groups in total. The number of aromatic nitrogens is 3. The summed E-state index contributed by atoms with van der Waals surface area (Å²) in [6.45, 7) is 4.01. The van der Waals surface area contributed by atoms with Crippen molar-refractivity contribution in [1.29, 1.82) is 0 Å². The summed E-state index contributed by atoms with van der Waals surface area (Å²) >= 11 is 0. The maximum absolute atomic E-state index is 12.6. The van der Waals surface area contributed by atoms with Crippen LogP contribution in [0.1, 0.15) is 29.7 Å². The molecule has 2 aromatic heterocycles. The lowest BCUT2D eigenvalue weighted by atomic mass is 10.1. The van der Waals surface area contributed by atoms with Crippen LogP contribution in [0.4, 0.5) is 10.6 Å². The lowest BCUT2D eigenvalue weighted by Gasteiger charge is -2.21. The van der Waals surface area contributed by atoms with Crippen LogP contribution in [0.5, 0.6) is 0 Å². The molecule has 0 aromatic carbocycles. The number of anilines is 1. The van der Waals surface area contributed by atoms with E-state index in [1.807, 2.05) is 17.0 Å². The number of hydrogen-bond donors (Lipinski definition) is 1. The molecular formula is C19H24N6O. The quantitative estimate of drug-likeness (QED) is 0.911. The third-order valence-electron chi connectivity index (χ3n) is 5.12. The zero-order valence-corrected chi connectivity index (χ0v) is 14.9. The van der Waals surface area contributed by atoms with Crippen molar-refractivity contribution in [3.8, 4) is 0 Å². The highest BCUT2D eigenvalue weighted by atomic mass is 16.2. The van der Waals surface area contributed by atoms with E-state index in [0.29, 0.717) is 19.6 Å². The largest absolute Gasteiger partial charge is 0.356 e. The second-order valence-electron chi connectivity index (χ2n) is 6.82. The number of hydrogen-bond acceptors (Lipinski definition) is 5. The molecule has 26 heavy (non-hydrogen) atoms. The van der Waals surface area contributed by atoms with Crippen LogP contribution in [0, 0.1) is 0 Å². The number of nitrogens with zero attached hydrogens (tertiary/aromatic N) is 5. The summed E-state index contributed by atoms with van der Waals surface area (Å²) in [4.78, 5) is 29.9. The molecule has 2 aromatic rings. The first-order valence-electron chi connectivity index (χ1n) is 9.30. The number of rotatable bonds is 3. The number of fused-ring (bicyclic) bond motifs is 1. The van der Waals surface area contributed by atoms with Crippen LogP contribution in [-0.2, 0) is 19.4 Å². The van der Waals surface area contributed by atoms with Crippen LogP contribution in [0.2, 0.25) is 0 Å². The first-order chi connectivity index (χ1) is 12.8. The standard InChI is InChI=1S/C19H24N6O/c26-19(21-13-15-4-3-7-20-12-15)25-10-5-16-17(6-11-25)22-14-23-18(16)24-8-1-2-9-24/h3-4,7,12,14H,1-2,5-6,8-11,13H2,(H,21,26). The van der Waals surface area contributed by atoms with Gasteiger partial charge in [0.25, 0.3) is 0 Å². The molecule has 136 valence electrons. The van der Waals surface area contributed by atoms with Gasteiger partial charge in [-0.2, -0.15) is 0 Å². The monoisotopic (exact) mass is 352 g/mol. The van der Waals surface area contributed by atoms with E-state index >= 15 is 0 Å². The molecule has 2 aliphatic heterocycles. The van der Waals surface area contributed by atoms with Crippen molar-refractivity contribution in [3.05, 3.63) is 47.7 Å². The minimum absolute atomic E-state index is 0.0302. The zero-order chi connectivity index (χ0) is 17.8. The second-order valence-corrected chi connectivity index (χ2v) is 6.82. The van der Waals surface area contributed by atoms with E-state index in [4.69, 9.17) is 0 Å². The molecule has 7 nitrogen and oxygen atoms in total. The lowest BCUT2D eigenvalue weighted by Crippen LogP contribution is -2.41. The summed E-state index contributed by atoms with van der Waals surface area (Å²) in [6.07, 6.45) is 9.21. The van der Waals surface area contributed by atoms with E-state index < -0.39 is 0 Å². The summed E-state index contributed by atoms with van der Waals surface area (Å²) in [5, 5.41) is 2.99. The van der Waals surface area contributed by atoms with Gasteiger partial charge in [0.2, 0.25) is 0 Å². The van der Waals surface area contributed by atoms with E-state index in [1.54, 1.807) is 18.7 Å². The van der Waals surface area contributed by atoms with Gasteiger partial charge in [-0.1, -0.05) is 6.07 Å². The van der Waals surface area contributed by atoms with Gasteiger partial charge in [0, 0.05) is 57.1 Å². The van der Waals surface area contributed by atoms with Crippen LogP contribution in [0.25, 0.3) is 0 Å². The number of carbonyl (C=O) groups is 1. The average Bonchev–Trinajstić information content (AvgIpc) is 3.13. The molecule has 0 aliphatic carbocycles. The van der Waals surface area contributed by atoms with Crippen molar-refractivity contribution < 1.29 is 4.79 Å². The molecule has 1 fully saturated rings. The number of urea groups is 1. The third-order valence-corrected chi connectivity index (χ3v) is 5.12. The molecule has 2 amide bonds. The molecule has 4 rings (SSSR count). The van der Waals surface area contributed by atoms with E-state index in [1.165, 1.54) is 18.4 Å². The van der Waals surface area contributed by atoms with Gasteiger partial charge in [0.1, 0.15) is 12.1 Å². The fourth-order valence-electron chi connectivity index (χ4n) is 3.71. The van der Waals surface area contributed by atoms with Gasteiger partial charge in [-0.05, 0) is 30.9 Å². The van der Waals surface area contributed by atoms with Gasteiger partial charge in [-0.3, -0.25) is 4.98 Å². The molecular weight excluding hydrogens is 328 g/mol. The van der Waals surface area contributed by atoms with Crippen molar-refractivity contribution in [2.45, 2.75) is 32.2 Å². The summed E-state index contributed by atoms with van der Waals surface area (Å²) in [5.74, 6) is 1.07. The molecule has 4 heterocycles. The van der Waals surface area contributed by atoms with Crippen molar-refractivity contribution in [3.63, 3.8) is 0 Å². The van der Waals surface area contributed by atoms with Gasteiger partial charge in [-0.25, -0.2) is 14.8 Å². The molecule has 7 heteroatoms. The van der Waals surface area contributed by atoms with Crippen LogP contribution in [0.3, 0.4) is 0 Å². The van der Waals surface area contributed by atoms with Gasteiger partial charge >= 0.3 is 6.03 Å². The molecule has 1 saturated heterocycles. The highest BCUT2D eigenvalue weighted by molar-refractivity contribution is 5.74. The highest BCUT2D eigenvalue weighted by Crippen LogP contribution is 2.26. The summed E-state index contributed by atoms with van der Waals surface area (Å²) in [7, 11) is 0. The molecule has 0 saturated carbocycles. The molecule has 0 radical (unpaired) electrons. The second kappa shape index (κ2) is 7.68. The van der Waals surface area contributed by atoms with Crippen molar-refractivity contribution in [2.75, 3.05) is 31.1 Å². The smallest absolute Gasteiger partial charge is 0.317 e. The fraction of sp³-hybridized carbons (Fsp3) is 0.474. The van der Waals surface area contributed by atoms with Gasteiger partial charge in [0.05, 0.1) is 5.69 Å². The normalized spacial score (nSPS) is 16.9. The Morgan fingerprint density at radius 1 is 1.12 bits per heavy atom. The Morgan fingerprint density at radius 2 is 1.96 bits per heavy atom. The first kappa shape index (κ1) is 16.8. The predicted octanol–water partition coefficient (Wildman–Crippen LogP) is 1.78. The van der Waals surface area contributed by atoms with Gasteiger partial charge < -0.3 is 15.1 Å². The predicted molar refractivity (Wildman–Crippen MR) is 98.9 cm³/mol. The maximum atomic E-state index is 12.6. The number of pyridine rings is 1. The Hall–Kier alpha value is -2.70. The molecule has 0 bridgehead atoms. The van der Waals surface area contributed by atoms with Crippen LogP contribution in [-0.4, -0.2) is 52.1 Å². The SMILES string of the molecule is O=C(NCc1cccnc1)N1CCc2ncnc(N3CCCC3)c2CC1. The van der Waals surface area contributed by atoms with E-state index in [0.717, 1.165) is 43.0 Å². The Morgan fingerprint density at radius 3 is 2.77 bits per heavy atom. The van der Waals surface area contributed by atoms with Gasteiger partial charge in [-0.15, -0.1) is 0 Å². The van der Waals surface area contributed by atoms with E-state index in [9.17, 15) is 4.79 Å². The Labute approximate surface area is 153 Å². The highest BCUT2D eigenvalue weighted by Gasteiger charge is 2.24. The van der Waals surface area contributed by atoms with Crippen LogP contribution >= 0.6 is 0 Å². The summed E-state index contributed by atoms with van der Waals surface area (Å²) < 4.78 is 0. The minimum atomic E-state index is -0.0302. The van der Waals surface area contributed by atoms with Crippen LogP contribution < -0.4 is 10.2 Å². The number of nitrogens with one attached hydrogen (secondary N) is 1.